The smallest absolute Gasteiger partial charge is 0.145 e. The molecule has 1 N–H and O–H groups in total. The molecule has 4 heteroatoms. The number of pyridine rings is 1. The van der Waals surface area contributed by atoms with Crippen molar-refractivity contribution < 1.29 is 0 Å². The fraction of sp³-hybridized carbons (Fsp3) is 0.100. The molecule has 14 heavy (non-hydrogen) atoms. The van der Waals surface area contributed by atoms with E-state index in [1.807, 2.05) is 19.1 Å². The lowest BCUT2D eigenvalue weighted by Gasteiger charge is -1.99. The van der Waals surface area contributed by atoms with Crippen LogP contribution in [0, 0.1) is 29.6 Å². The molecule has 0 aliphatic heterocycles. The molecule has 1 rings (SSSR count). The Kier molecular flexibility index (Phi) is 3.23. The summed E-state index contributed by atoms with van der Waals surface area (Å²) in [7, 11) is 0. The normalized spacial score (nSPS) is 8.21. The molecule has 0 fully saturated rings. The molecule has 0 amide bonds. The van der Waals surface area contributed by atoms with Gasteiger partial charge in [0.2, 0.25) is 0 Å². The zero-order valence-electron chi connectivity index (χ0n) is 7.65. The van der Waals surface area contributed by atoms with Gasteiger partial charge in [-0.25, -0.2) is 4.98 Å². The van der Waals surface area contributed by atoms with Gasteiger partial charge in [0.1, 0.15) is 23.5 Å². The van der Waals surface area contributed by atoms with Gasteiger partial charge in [0.25, 0.3) is 0 Å². The first-order valence-corrected chi connectivity index (χ1v) is 3.96. The van der Waals surface area contributed by atoms with Crippen molar-refractivity contribution in [2.75, 3.05) is 5.32 Å². The number of allylic oxidation sites excluding steroid dienone is 1. The minimum absolute atomic E-state index is 0.0216. The summed E-state index contributed by atoms with van der Waals surface area (Å²) in [5.41, 5.74) is 1.08. The predicted octanol–water partition coefficient (Wildman–Crippen LogP) is 1.73. The number of nitrogens with one attached hydrogen (secondary N) is 1. The van der Waals surface area contributed by atoms with Crippen LogP contribution < -0.4 is 5.32 Å². The third-order valence-electron chi connectivity index (χ3n) is 1.52. The van der Waals surface area contributed by atoms with Crippen molar-refractivity contribution in [3.63, 3.8) is 0 Å². The summed E-state index contributed by atoms with van der Waals surface area (Å²) in [4.78, 5) is 4.01. The second-order valence-corrected chi connectivity index (χ2v) is 2.64. The summed E-state index contributed by atoms with van der Waals surface area (Å²) in [6, 6.07) is 7.18. The summed E-state index contributed by atoms with van der Waals surface area (Å²) < 4.78 is 0. The highest BCUT2D eigenvalue weighted by Crippen LogP contribution is 2.05. The zero-order valence-corrected chi connectivity index (χ0v) is 7.65. The van der Waals surface area contributed by atoms with Crippen molar-refractivity contribution in [1.29, 1.82) is 10.5 Å². The van der Waals surface area contributed by atoms with Gasteiger partial charge < -0.3 is 5.32 Å². The quantitative estimate of drug-likeness (QED) is 0.710. The lowest BCUT2D eigenvalue weighted by molar-refractivity contribution is 1.27. The van der Waals surface area contributed by atoms with Crippen LogP contribution in [0.25, 0.3) is 0 Å². The minimum Gasteiger partial charge on any atom is -0.345 e. The fourth-order valence-corrected chi connectivity index (χ4v) is 0.851. The van der Waals surface area contributed by atoms with Crippen molar-refractivity contribution in [2.45, 2.75) is 6.92 Å². The molecule has 1 heterocycles. The third kappa shape index (κ3) is 2.62. The first kappa shape index (κ1) is 9.76. The van der Waals surface area contributed by atoms with Gasteiger partial charge in [-0.2, -0.15) is 10.5 Å². The molecule has 0 radical (unpaired) electrons. The average molecular weight is 184 g/mol. The van der Waals surface area contributed by atoms with Gasteiger partial charge in [-0.05, 0) is 24.6 Å². The summed E-state index contributed by atoms with van der Waals surface area (Å²) in [5, 5.41) is 19.7. The molecule has 0 unspecified atom stereocenters. The molecule has 0 atom stereocenters. The molecular formula is C10H8N4. The standard InChI is InChI=1S/C10H8N4/c1-8-2-3-13-10(4-8)14-7-9(5-11)6-12/h2-4,7H,1H3,(H,13,14). The Morgan fingerprint density at radius 1 is 1.50 bits per heavy atom. The van der Waals surface area contributed by atoms with Gasteiger partial charge in [0.15, 0.2) is 0 Å². The van der Waals surface area contributed by atoms with Crippen molar-refractivity contribution in [3.05, 3.63) is 35.7 Å². The maximum Gasteiger partial charge on any atom is 0.145 e. The van der Waals surface area contributed by atoms with E-state index in [9.17, 15) is 0 Å². The van der Waals surface area contributed by atoms with Gasteiger partial charge in [-0.1, -0.05) is 0 Å². The molecule has 68 valence electrons. The highest BCUT2D eigenvalue weighted by molar-refractivity contribution is 5.45. The number of hydrogen-bond donors (Lipinski definition) is 1. The van der Waals surface area contributed by atoms with Crippen LogP contribution in [0.3, 0.4) is 0 Å². The fourth-order valence-electron chi connectivity index (χ4n) is 0.851. The van der Waals surface area contributed by atoms with Crippen molar-refractivity contribution in [2.24, 2.45) is 0 Å². The van der Waals surface area contributed by atoms with Crippen LogP contribution in [0.15, 0.2) is 30.1 Å². The molecular weight excluding hydrogens is 176 g/mol. The van der Waals surface area contributed by atoms with E-state index in [0.717, 1.165) is 5.56 Å². The Hall–Kier alpha value is -2.33. The number of aromatic nitrogens is 1. The number of hydrogen-bond acceptors (Lipinski definition) is 4. The number of rotatable bonds is 2. The maximum absolute atomic E-state index is 8.46. The predicted molar refractivity (Wildman–Crippen MR) is 51.9 cm³/mol. The van der Waals surface area contributed by atoms with Crippen LogP contribution in [-0.4, -0.2) is 4.98 Å². The Morgan fingerprint density at radius 3 is 2.79 bits per heavy atom. The van der Waals surface area contributed by atoms with Gasteiger partial charge in [-0.3, -0.25) is 0 Å². The topological polar surface area (TPSA) is 72.5 Å². The molecule has 0 bridgehead atoms. The van der Waals surface area contributed by atoms with Gasteiger partial charge in [-0.15, -0.1) is 0 Å². The van der Waals surface area contributed by atoms with E-state index in [2.05, 4.69) is 10.3 Å². The highest BCUT2D eigenvalue weighted by atomic mass is 15.0. The van der Waals surface area contributed by atoms with Crippen molar-refractivity contribution in [1.82, 2.24) is 4.98 Å². The molecule has 0 spiro atoms. The highest BCUT2D eigenvalue weighted by Gasteiger charge is 1.93. The molecule has 0 aliphatic carbocycles. The van der Waals surface area contributed by atoms with Crippen molar-refractivity contribution in [3.8, 4) is 12.1 Å². The number of nitriles is 2. The Morgan fingerprint density at radius 2 is 2.21 bits per heavy atom. The van der Waals surface area contributed by atoms with Gasteiger partial charge in [0.05, 0.1) is 0 Å². The van der Waals surface area contributed by atoms with E-state index >= 15 is 0 Å². The summed E-state index contributed by atoms with van der Waals surface area (Å²) >= 11 is 0. The second-order valence-electron chi connectivity index (χ2n) is 2.64. The summed E-state index contributed by atoms with van der Waals surface area (Å²) in [5.74, 6) is 0.619. The summed E-state index contributed by atoms with van der Waals surface area (Å²) in [6.07, 6.45) is 2.99. The molecule has 0 saturated heterocycles. The van der Waals surface area contributed by atoms with E-state index in [0.29, 0.717) is 5.82 Å². The van der Waals surface area contributed by atoms with Crippen LogP contribution in [-0.2, 0) is 0 Å². The molecule has 4 nitrogen and oxygen atoms in total. The Balaban J connectivity index is 2.77. The second kappa shape index (κ2) is 4.64. The number of nitrogens with zero attached hydrogens (tertiary/aromatic N) is 3. The maximum atomic E-state index is 8.46. The Labute approximate surface area is 82.1 Å². The largest absolute Gasteiger partial charge is 0.345 e. The van der Waals surface area contributed by atoms with Gasteiger partial charge >= 0.3 is 0 Å². The van der Waals surface area contributed by atoms with E-state index in [1.165, 1.54) is 6.20 Å². The molecule has 1 aromatic heterocycles. The molecule has 0 aliphatic rings. The lowest BCUT2D eigenvalue weighted by atomic mass is 10.3. The van der Waals surface area contributed by atoms with E-state index in [4.69, 9.17) is 10.5 Å². The summed E-state index contributed by atoms with van der Waals surface area (Å²) in [6.45, 7) is 1.94. The zero-order chi connectivity index (χ0) is 10.4. The Bertz CT molecular complexity index is 418. The monoisotopic (exact) mass is 184 g/mol. The van der Waals surface area contributed by atoms with Crippen molar-refractivity contribution >= 4 is 5.82 Å². The van der Waals surface area contributed by atoms with Crippen LogP contribution in [0.5, 0.6) is 0 Å². The first-order chi connectivity index (χ1) is 6.76. The van der Waals surface area contributed by atoms with Gasteiger partial charge in [0, 0.05) is 12.4 Å². The first-order valence-electron chi connectivity index (χ1n) is 3.96. The van der Waals surface area contributed by atoms with Crippen LogP contribution in [0.4, 0.5) is 5.82 Å². The molecule has 0 aromatic carbocycles. The third-order valence-corrected chi connectivity index (χ3v) is 1.52. The van der Waals surface area contributed by atoms with E-state index < -0.39 is 0 Å². The van der Waals surface area contributed by atoms with Crippen LogP contribution in [0.2, 0.25) is 0 Å². The number of aryl methyl sites for hydroxylation is 1. The van der Waals surface area contributed by atoms with Crippen LogP contribution >= 0.6 is 0 Å². The molecule has 0 saturated carbocycles. The average Bonchev–Trinajstić information content (AvgIpc) is 2.19. The van der Waals surface area contributed by atoms with Crippen LogP contribution in [0.1, 0.15) is 5.56 Å². The van der Waals surface area contributed by atoms with E-state index in [1.54, 1.807) is 18.3 Å². The SMILES string of the molecule is Cc1ccnc(NC=C(C#N)C#N)c1. The number of anilines is 1. The molecule has 1 aromatic rings. The lowest BCUT2D eigenvalue weighted by Crippen LogP contribution is -1.92. The minimum atomic E-state index is 0.0216. The van der Waals surface area contributed by atoms with E-state index in [-0.39, 0.29) is 5.57 Å².